The summed E-state index contributed by atoms with van der Waals surface area (Å²) in [6.45, 7) is 2.85. The molecule has 0 N–H and O–H groups in total. The van der Waals surface area contributed by atoms with E-state index in [4.69, 9.17) is 4.74 Å². The van der Waals surface area contributed by atoms with E-state index in [1.807, 2.05) is 6.07 Å². The van der Waals surface area contributed by atoms with Gasteiger partial charge in [0, 0.05) is 18.8 Å². The number of benzene rings is 2. The van der Waals surface area contributed by atoms with Crippen LogP contribution in [0.4, 0.5) is 5.69 Å². The minimum absolute atomic E-state index is 0.337. The van der Waals surface area contributed by atoms with E-state index in [1.54, 1.807) is 0 Å². The van der Waals surface area contributed by atoms with E-state index in [2.05, 4.69) is 59.5 Å². The summed E-state index contributed by atoms with van der Waals surface area (Å²) in [6.07, 6.45) is 2.70. The predicted molar refractivity (Wildman–Crippen MR) is 82.9 cm³/mol. The van der Waals surface area contributed by atoms with Crippen LogP contribution in [0.5, 0.6) is 0 Å². The SMILES string of the molecule is c1ccc(COC2CCCN(c3ccccc3)C2)cc1. The Morgan fingerprint density at radius 1 is 0.950 bits per heavy atom. The predicted octanol–water partition coefficient (Wildman–Crippen LogP) is 3.87. The highest BCUT2D eigenvalue weighted by molar-refractivity contribution is 5.46. The minimum atomic E-state index is 0.337. The van der Waals surface area contributed by atoms with Gasteiger partial charge in [0.15, 0.2) is 0 Å². The Morgan fingerprint density at radius 3 is 2.40 bits per heavy atom. The molecule has 2 aromatic carbocycles. The molecule has 1 aliphatic heterocycles. The van der Waals surface area contributed by atoms with Crippen LogP contribution in [0.3, 0.4) is 0 Å². The molecule has 0 saturated carbocycles. The monoisotopic (exact) mass is 267 g/mol. The van der Waals surface area contributed by atoms with Gasteiger partial charge in [-0.2, -0.15) is 0 Å². The molecule has 1 heterocycles. The fourth-order valence-corrected chi connectivity index (χ4v) is 2.74. The van der Waals surface area contributed by atoms with Gasteiger partial charge in [-0.05, 0) is 30.5 Å². The second-order valence-corrected chi connectivity index (χ2v) is 5.34. The largest absolute Gasteiger partial charge is 0.372 e. The van der Waals surface area contributed by atoms with Crippen LogP contribution in [0, 0.1) is 0 Å². The maximum Gasteiger partial charge on any atom is 0.0755 e. The first kappa shape index (κ1) is 13.2. The van der Waals surface area contributed by atoms with Crippen molar-refractivity contribution in [3.05, 3.63) is 66.2 Å². The summed E-state index contributed by atoms with van der Waals surface area (Å²) in [4.78, 5) is 2.43. The van der Waals surface area contributed by atoms with E-state index < -0.39 is 0 Å². The Bertz CT molecular complexity index is 511. The molecule has 0 amide bonds. The standard InChI is InChI=1S/C18H21NO/c1-3-8-16(9-4-1)15-20-18-12-7-13-19(14-18)17-10-5-2-6-11-17/h1-6,8-11,18H,7,12-15H2. The van der Waals surface area contributed by atoms with Crippen molar-refractivity contribution >= 4 is 5.69 Å². The minimum Gasteiger partial charge on any atom is -0.372 e. The molecule has 3 rings (SSSR count). The average Bonchev–Trinajstić information content (AvgIpc) is 2.55. The van der Waals surface area contributed by atoms with Gasteiger partial charge in [-0.3, -0.25) is 0 Å². The lowest BCUT2D eigenvalue weighted by Crippen LogP contribution is -2.39. The number of anilines is 1. The van der Waals surface area contributed by atoms with Crippen LogP contribution in [-0.2, 0) is 11.3 Å². The Hall–Kier alpha value is -1.80. The van der Waals surface area contributed by atoms with E-state index in [0.29, 0.717) is 12.7 Å². The van der Waals surface area contributed by atoms with Crippen LogP contribution in [0.2, 0.25) is 0 Å². The molecule has 1 fully saturated rings. The normalized spacial score (nSPS) is 19.0. The van der Waals surface area contributed by atoms with Crippen molar-refractivity contribution < 1.29 is 4.74 Å². The van der Waals surface area contributed by atoms with E-state index in [0.717, 1.165) is 19.5 Å². The quantitative estimate of drug-likeness (QED) is 0.833. The van der Waals surface area contributed by atoms with E-state index >= 15 is 0 Å². The Morgan fingerprint density at radius 2 is 1.65 bits per heavy atom. The van der Waals surface area contributed by atoms with Crippen LogP contribution in [0.15, 0.2) is 60.7 Å². The molecular weight excluding hydrogens is 246 g/mol. The van der Waals surface area contributed by atoms with Crippen LogP contribution in [0.1, 0.15) is 18.4 Å². The van der Waals surface area contributed by atoms with Crippen molar-refractivity contribution in [3.63, 3.8) is 0 Å². The van der Waals surface area contributed by atoms with Crippen molar-refractivity contribution in [3.8, 4) is 0 Å². The van der Waals surface area contributed by atoms with Crippen molar-refractivity contribution in [2.75, 3.05) is 18.0 Å². The average molecular weight is 267 g/mol. The Balaban J connectivity index is 1.56. The van der Waals surface area contributed by atoms with Crippen LogP contribution in [0.25, 0.3) is 0 Å². The van der Waals surface area contributed by atoms with Gasteiger partial charge in [0.2, 0.25) is 0 Å². The first-order valence-electron chi connectivity index (χ1n) is 7.37. The third kappa shape index (κ3) is 3.40. The highest BCUT2D eigenvalue weighted by atomic mass is 16.5. The second-order valence-electron chi connectivity index (χ2n) is 5.34. The summed E-state index contributed by atoms with van der Waals surface area (Å²) in [7, 11) is 0. The first-order valence-corrected chi connectivity index (χ1v) is 7.37. The van der Waals surface area contributed by atoms with Crippen molar-refractivity contribution in [2.24, 2.45) is 0 Å². The van der Waals surface area contributed by atoms with Crippen LogP contribution >= 0.6 is 0 Å². The van der Waals surface area contributed by atoms with Gasteiger partial charge in [0.05, 0.1) is 12.7 Å². The van der Waals surface area contributed by atoms with E-state index in [1.165, 1.54) is 17.7 Å². The molecule has 1 saturated heterocycles. The lowest BCUT2D eigenvalue weighted by Gasteiger charge is -2.34. The van der Waals surface area contributed by atoms with Gasteiger partial charge in [0.1, 0.15) is 0 Å². The van der Waals surface area contributed by atoms with Gasteiger partial charge in [0.25, 0.3) is 0 Å². The third-order valence-electron chi connectivity index (χ3n) is 3.83. The molecule has 1 unspecified atom stereocenters. The van der Waals surface area contributed by atoms with Crippen LogP contribution < -0.4 is 4.90 Å². The van der Waals surface area contributed by atoms with Gasteiger partial charge >= 0.3 is 0 Å². The zero-order valence-corrected chi connectivity index (χ0v) is 11.7. The molecule has 104 valence electrons. The zero-order chi connectivity index (χ0) is 13.6. The van der Waals surface area contributed by atoms with Crippen molar-refractivity contribution in [1.29, 1.82) is 0 Å². The zero-order valence-electron chi connectivity index (χ0n) is 11.7. The highest BCUT2D eigenvalue weighted by Gasteiger charge is 2.20. The molecule has 2 heteroatoms. The number of ether oxygens (including phenoxy) is 1. The molecular formula is C18H21NO. The second kappa shape index (κ2) is 6.58. The smallest absolute Gasteiger partial charge is 0.0755 e. The molecule has 2 aromatic rings. The first-order chi connectivity index (χ1) is 9.92. The number of hydrogen-bond acceptors (Lipinski definition) is 2. The molecule has 0 radical (unpaired) electrons. The van der Waals surface area contributed by atoms with E-state index in [9.17, 15) is 0 Å². The molecule has 1 atom stereocenters. The maximum atomic E-state index is 6.08. The fourth-order valence-electron chi connectivity index (χ4n) is 2.74. The number of hydrogen-bond donors (Lipinski definition) is 0. The van der Waals surface area contributed by atoms with E-state index in [-0.39, 0.29) is 0 Å². The van der Waals surface area contributed by atoms with Gasteiger partial charge in [-0.1, -0.05) is 48.5 Å². The molecule has 0 bridgehead atoms. The molecule has 20 heavy (non-hydrogen) atoms. The molecule has 1 aliphatic rings. The molecule has 0 aromatic heterocycles. The maximum absolute atomic E-state index is 6.08. The fraction of sp³-hybridized carbons (Fsp3) is 0.333. The summed E-state index contributed by atoms with van der Waals surface area (Å²) in [5.41, 5.74) is 2.56. The lowest BCUT2D eigenvalue weighted by atomic mass is 10.1. The molecule has 2 nitrogen and oxygen atoms in total. The van der Waals surface area contributed by atoms with Gasteiger partial charge in [-0.25, -0.2) is 0 Å². The summed E-state index contributed by atoms with van der Waals surface area (Å²) < 4.78 is 6.08. The number of piperidine rings is 1. The third-order valence-corrected chi connectivity index (χ3v) is 3.83. The summed E-state index contributed by atoms with van der Waals surface area (Å²) >= 11 is 0. The molecule has 0 aliphatic carbocycles. The number of para-hydroxylation sites is 1. The number of nitrogens with zero attached hydrogens (tertiary/aromatic N) is 1. The topological polar surface area (TPSA) is 12.5 Å². The molecule has 0 spiro atoms. The van der Waals surface area contributed by atoms with Crippen molar-refractivity contribution in [2.45, 2.75) is 25.6 Å². The summed E-state index contributed by atoms with van der Waals surface area (Å²) in [5, 5.41) is 0. The Labute approximate surface area is 121 Å². The lowest BCUT2D eigenvalue weighted by molar-refractivity contribution is 0.0316. The van der Waals surface area contributed by atoms with Crippen LogP contribution in [-0.4, -0.2) is 19.2 Å². The number of rotatable bonds is 4. The van der Waals surface area contributed by atoms with Crippen molar-refractivity contribution in [1.82, 2.24) is 0 Å². The highest BCUT2D eigenvalue weighted by Crippen LogP contribution is 2.21. The summed E-state index contributed by atoms with van der Waals surface area (Å²) in [5.74, 6) is 0. The van der Waals surface area contributed by atoms with Gasteiger partial charge < -0.3 is 9.64 Å². The summed E-state index contributed by atoms with van der Waals surface area (Å²) in [6, 6.07) is 21.0. The van der Waals surface area contributed by atoms with Gasteiger partial charge in [-0.15, -0.1) is 0 Å². The Kier molecular flexibility index (Phi) is 4.34.